The van der Waals surface area contributed by atoms with E-state index in [2.05, 4.69) is 26.6 Å². The molecule has 1 aromatic rings. The Hall–Kier alpha value is -0.870. The van der Waals surface area contributed by atoms with Crippen molar-refractivity contribution in [3.8, 4) is 0 Å². The minimum atomic E-state index is -0.0341. The van der Waals surface area contributed by atoms with Gasteiger partial charge in [-0.15, -0.1) is 0 Å². The van der Waals surface area contributed by atoms with Crippen molar-refractivity contribution >= 4 is 27.5 Å². The molecule has 2 N–H and O–H groups in total. The van der Waals surface area contributed by atoms with Crippen molar-refractivity contribution in [2.24, 2.45) is 0 Å². The molecule has 1 fully saturated rings. The van der Waals surface area contributed by atoms with Crippen molar-refractivity contribution < 1.29 is 4.79 Å². The number of anilines is 1. The maximum absolute atomic E-state index is 11.9. The van der Waals surface area contributed by atoms with Gasteiger partial charge < -0.3 is 10.6 Å². The fourth-order valence-electron chi connectivity index (χ4n) is 1.85. The lowest BCUT2D eigenvalue weighted by Gasteiger charge is -2.12. The third-order valence-electron chi connectivity index (χ3n) is 2.76. The van der Waals surface area contributed by atoms with Crippen LogP contribution in [0.5, 0.6) is 0 Å². The minimum absolute atomic E-state index is 0.0341. The van der Waals surface area contributed by atoms with E-state index in [1.165, 1.54) is 5.56 Å². The summed E-state index contributed by atoms with van der Waals surface area (Å²) in [7, 11) is 0. The fourth-order valence-corrected chi connectivity index (χ4v) is 2.44. The SMILES string of the molecule is Cc1ccc(NC(=O)C2CCCN2)c(Br)c1. The van der Waals surface area contributed by atoms with E-state index in [1.807, 2.05) is 25.1 Å². The van der Waals surface area contributed by atoms with Crippen LogP contribution < -0.4 is 10.6 Å². The van der Waals surface area contributed by atoms with Crippen LogP contribution in [0.1, 0.15) is 18.4 Å². The first kappa shape index (κ1) is 11.6. The molecule has 16 heavy (non-hydrogen) atoms. The molecule has 3 nitrogen and oxygen atoms in total. The molecule has 0 bridgehead atoms. The van der Waals surface area contributed by atoms with Crippen LogP contribution >= 0.6 is 15.9 Å². The lowest BCUT2D eigenvalue weighted by atomic mass is 10.2. The molecule has 4 heteroatoms. The Bertz CT molecular complexity index is 400. The van der Waals surface area contributed by atoms with Crippen LogP contribution in [0, 0.1) is 6.92 Å². The number of nitrogens with one attached hydrogen (secondary N) is 2. The molecule has 0 saturated carbocycles. The standard InChI is InChI=1S/C12H15BrN2O/c1-8-4-5-10(9(13)7-8)15-12(16)11-3-2-6-14-11/h4-5,7,11,14H,2-3,6H2,1H3,(H,15,16). The van der Waals surface area contributed by atoms with Gasteiger partial charge in [0.25, 0.3) is 0 Å². The van der Waals surface area contributed by atoms with E-state index in [9.17, 15) is 4.79 Å². The molecule has 1 amide bonds. The van der Waals surface area contributed by atoms with Crippen molar-refractivity contribution in [2.75, 3.05) is 11.9 Å². The van der Waals surface area contributed by atoms with Crippen molar-refractivity contribution in [1.82, 2.24) is 5.32 Å². The summed E-state index contributed by atoms with van der Waals surface area (Å²) in [4.78, 5) is 11.9. The Morgan fingerprint density at radius 3 is 3.00 bits per heavy atom. The molecule has 2 rings (SSSR count). The van der Waals surface area contributed by atoms with E-state index >= 15 is 0 Å². The molecule has 1 saturated heterocycles. The summed E-state index contributed by atoms with van der Waals surface area (Å²) < 4.78 is 0.929. The average Bonchev–Trinajstić information content (AvgIpc) is 2.75. The number of benzene rings is 1. The average molecular weight is 283 g/mol. The zero-order valence-corrected chi connectivity index (χ0v) is 10.8. The largest absolute Gasteiger partial charge is 0.324 e. The van der Waals surface area contributed by atoms with Gasteiger partial charge in [-0.2, -0.15) is 0 Å². The van der Waals surface area contributed by atoms with Gasteiger partial charge in [0.05, 0.1) is 11.7 Å². The van der Waals surface area contributed by atoms with Crippen LogP contribution in [-0.2, 0) is 4.79 Å². The lowest BCUT2D eigenvalue weighted by Crippen LogP contribution is -2.35. The molecule has 1 aliphatic heterocycles. The first-order chi connectivity index (χ1) is 7.66. The molecule has 86 valence electrons. The third kappa shape index (κ3) is 2.62. The zero-order valence-electron chi connectivity index (χ0n) is 9.22. The van der Waals surface area contributed by atoms with Crippen LogP contribution in [0.2, 0.25) is 0 Å². The highest BCUT2D eigenvalue weighted by atomic mass is 79.9. The van der Waals surface area contributed by atoms with Crippen LogP contribution in [0.3, 0.4) is 0 Å². The quantitative estimate of drug-likeness (QED) is 0.875. The second kappa shape index (κ2) is 4.97. The van der Waals surface area contributed by atoms with Gasteiger partial charge in [-0.1, -0.05) is 6.07 Å². The highest BCUT2D eigenvalue weighted by Gasteiger charge is 2.22. The van der Waals surface area contributed by atoms with E-state index in [-0.39, 0.29) is 11.9 Å². The summed E-state index contributed by atoms with van der Waals surface area (Å²) in [6.45, 7) is 2.96. The Morgan fingerprint density at radius 2 is 2.38 bits per heavy atom. The number of rotatable bonds is 2. The van der Waals surface area contributed by atoms with Gasteiger partial charge in [0.2, 0.25) is 5.91 Å². The Labute approximate surface area is 104 Å². The van der Waals surface area contributed by atoms with Gasteiger partial charge in [-0.25, -0.2) is 0 Å². The molecular weight excluding hydrogens is 268 g/mol. The number of carbonyl (C=O) groups excluding carboxylic acids is 1. The second-order valence-electron chi connectivity index (χ2n) is 4.12. The van der Waals surface area contributed by atoms with Gasteiger partial charge in [0.15, 0.2) is 0 Å². The molecule has 1 aromatic carbocycles. The summed E-state index contributed by atoms with van der Waals surface area (Å²) in [6, 6.07) is 5.88. The van der Waals surface area contributed by atoms with Gasteiger partial charge in [-0.3, -0.25) is 4.79 Å². The summed E-state index contributed by atoms with van der Waals surface area (Å²) in [5, 5.41) is 6.11. The van der Waals surface area contributed by atoms with E-state index < -0.39 is 0 Å². The predicted octanol–water partition coefficient (Wildman–Crippen LogP) is 2.45. The highest BCUT2D eigenvalue weighted by Crippen LogP contribution is 2.23. The molecule has 1 aliphatic rings. The number of hydrogen-bond donors (Lipinski definition) is 2. The number of carbonyl (C=O) groups is 1. The normalized spacial score (nSPS) is 19.8. The van der Waals surface area contributed by atoms with Gasteiger partial charge >= 0.3 is 0 Å². The molecule has 0 aliphatic carbocycles. The first-order valence-electron chi connectivity index (χ1n) is 5.47. The monoisotopic (exact) mass is 282 g/mol. The lowest BCUT2D eigenvalue weighted by molar-refractivity contribution is -0.117. The molecule has 0 radical (unpaired) electrons. The summed E-state index contributed by atoms with van der Waals surface area (Å²) >= 11 is 3.45. The van der Waals surface area contributed by atoms with Gasteiger partial charge in [-0.05, 0) is 59.9 Å². The zero-order chi connectivity index (χ0) is 11.5. The van der Waals surface area contributed by atoms with E-state index in [1.54, 1.807) is 0 Å². The summed E-state index contributed by atoms with van der Waals surface area (Å²) in [5.41, 5.74) is 2.01. The topological polar surface area (TPSA) is 41.1 Å². The van der Waals surface area contributed by atoms with Gasteiger partial charge in [0.1, 0.15) is 0 Å². The van der Waals surface area contributed by atoms with E-state index in [0.29, 0.717) is 0 Å². The van der Waals surface area contributed by atoms with Crippen LogP contribution in [0.4, 0.5) is 5.69 Å². The molecule has 0 spiro atoms. The Kier molecular flexibility index (Phi) is 3.61. The maximum Gasteiger partial charge on any atom is 0.241 e. The molecule has 0 aromatic heterocycles. The first-order valence-corrected chi connectivity index (χ1v) is 6.26. The number of amides is 1. The van der Waals surface area contributed by atoms with E-state index in [4.69, 9.17) is 0 Å². The predicted molar refractivity (Wildman–Crippen MR) is 68.5 cm³/mol. The molecular formula is C12H15BrN2O. The molecule has 1 unspecified atom stereocenters. The number of hydrogen-bond acceptors (Lipinski definition) is 2. The van der Waals surface area contributed by atoms with E-state index in [0.717, 1.165) is 29.5 Å². The second-order valence-corrected chi connectivity index (χ2v) is 4.98. The number of halogens is 1. The Balaban J connectivity index is 2.05. The smallest absolute Gasteiger partial charge is 0.241 e. The molecule has 1 heterocycles. The fraction of sp³-hybridized carbons (Fsp3) is 0.417. The maximum atomic E-state index is 11.9. The van der Waals surface area contributed by atoms with Crippen LogP contribution in [-0.4, -0.2) is 18.5 Å². The Morgan fingerprint density at radius 1 is 1.56 bits per heavy atom. The van der Waals surface area contributed by atoms with Crippen molar-refractivity contribution in [3.05, 3.63) is 28.2 Å². The highest BCUT2D eigenvalue weighted by molar-refractivity contribution is 9.10. The molecule has 1 atom stereocenters. The minimum Gasteiger partial charge on any atom is -0.324 e. The van der Waals surface area contributed by atoms with Gasteiger partial charge in [0, 0.05) is 4.47 Å². The summed E-state index contributed by atoms with van der Waals surface area (Å²) in [5.74, 6) is 0.0575. The van der Waals surface area contributed by atoms with Crippen LogP contribution in [0.15, 0.2) is 22.7 Å². The third-order valence-corrected chi connectivity index (χ3v) is 3.42. The van der Waals surface area contributed by atoms with Crippen molar-refractivity contribution in [3.63, 3.8) is 0 Å². The van der Waals surface area contributed by atoms with Crippen molar-refractivity contribution in [2.45, 2.75) is 25.8 Å². The van der Waals surface area contributed by atoms with Crippen molar-refractivity contribution in [1.29, 1.82) is 0 Å². The number of aryl methyl sites for hydroxylation is 1. The van der Waals surface area contributed by atoms with Crippen LogP contribution in [0.25, 0.3) is 0 Å². The summed E-state index contributed by atoms with van der Waals surface area (Å²) in [6.07, 6.45) is 2.00.